The van der Waals surface area contributed by atoms with Gasteiger partial charge in [-0.1, -0.05) is 18.2 Å². The number of hydrogen-bond acceptors (Lipinski definition) is 3. The van der Waals surface area contributed by atoms with E-state index in [9.17, 15) is 8.42 Å². The first-order valence-electron chi connectivity index (χ1n) is 7.24. The second-order valence-corrected chi connectivity index (χ2v) is 6.91. The number of aromatic amines is 1. The Bertz CT molecular complexity index is 945. The normalized spacial score (nSPS) is 11.7. The van der Waals surface area contributed by atoms with E-state index in [-0.39, 0.29) is 4.90 Å². The molecular weight excluding hydrogens is 312 g/mol. The molecule has 0 aliphatic rings. The minimum Gasteiger partial charge on any atom is -0.497 e. The average molecular weight is 330 g/mol. The van der Waals surface area contributed by atoms with Crippen LogP contribution in [0.3, 0.4) is 0 Å². The van der Waals surface area contributed by atoms with Gasteiger partial charge in [0.25, 0.3) is 0 Å². The van der Waals surface area contributed by atoms with E-state index in [4.69, 9.17) is 9.88 Å². The number of aryl methyl sites for hydroxylation is 2. The molecule has 1 heterocycles. The molecule has 0 unspecified atom stereocenters. The summed E-state index contributed by atoms with van der Waals surface area (Å²) in [5.74, 6) is 0.795. The zero-order valence-corrected chi connectivity index (χ0v) is 13.6. The Balaban J connectivity index is 1.90. The highest BCUT2D eigenvalue weighted by Crippen LogP contribution is 2.25. The summed E-state index contributed by atoms with van der Waals surface area (Å²) >= 11 is 0. The first-order valence-corrected chi connectivity index (χ1v) is 8.78. The summed E-state index contributed by atoms with van der Waals surface area (Å²) in [6.45, 7) is 0. The van der Waals surface area contributed by atoms with Crippen molar-refractivity contribution >= 4 is 20.9 Å². The van der Waals surface area contributed by atoms with E-state index >= 15 is 0 Å². The lowest BCUT2D eigenvalue weighted by atomic mass is 10.0. The van der Waals surface area contributed by atoms with Gasteiger partial charge in [-0.25, -0.2) is 13.6 Å². The third-order valence-corrected chi connectivity index (χ3v) is 4.93. The number of sulfonamides is 1. The van der Waals surface area contributed by atoms with Gasteiger partial charge in [-0.3, -0.25) is 0 Å². The lowest BCUT2D eigenvalue weighted by Gasteiger charge is -2.07. The number of primary sulfonamides is 1. The second kappa shape index (κ2) is 6.06. The van der Waals surface area contributed by atoms with E-state index in [0.717, 1.165) is 27.8 Å². The van der Waals surface area contributed by atoms with E-state index in [1.807, 2.05) is 30.5 Å². The molecule has 0 aliphatic heterocycles. The Morgan fingerprint density at radius 2 is 1.83 bits per heavy atom. The number of aromatic nitrogens is 1. The van der Waals surface area contributed by atoms with Gasteiger partial charge in [0.1, 0.15) is 5.75 Å². The van der Waals surface area contributed by atoms with Crippen LogP contribution >= 0.6 is 0 Å². The molecule has 0 fully saturated rings. The summed E-state index contributed by atoms with van der Waals surface area (Å²) in [6.07, 6.45) is 3.25. The number of H-pyrrole nitrogens is 1. The Morgan fingerprint density at radius 3 is 2.57 bits per heavy atom. The Hall–Kier alpha value is -2.31. The predicted molar refractivity (Wildman–Crippen MR) is 90.1 cm³/mol. The highest BCUT2D eigenvalue weighted by atomic mass is 32.2. The van der Waals surface area contributed by atoms with Crippen molar-refractivity contribution in [3.63, 3.8) is 0 Å². The molecule has 0 bridgehead atoms. The summed E-state index contributed by atoms with van der Waals surface area (Å²) in [6, 6.07) is 12.7. The average Bonchev–Trinajstić information content (AvgIpc) is 2.94. The fourth-order valence-electron chi connectivity index (χ4n) is 2.75. The maximum atomic E-state index is 11.7. The summed E-state index contributed by atoms with van der Waals surface area (Å²) in [5.41, 5.74) is 2.87. The van der Waals surface area contributed by atoms with E-state index in [1.54, 1.807) is 25.3 Å². The van der Waals surface area contributed by atoms with Crippen molar-refractivity contribution in [3.05, 3.63) is 59.8 Å². The molecule has 2 aromatic carbocycles. The zero-order chi connectivity index (χ0) is 16.4. The third-order valence-electron chi connectivity index (χ3n) is 3.92. The number of rotatable bonds is 5. The van der Waals surface area contributed by atoms with Crippen LogP contribution in [-0.4, -0.2) is 20.5 Å². The minimum absolute atomic E-state index is 0.192. The van der Waals surface area contributed by atoms with Crippen molar-refractivity contribution in [2.75, 3.05) is 7.11 Å². The molecule has 3 aromatic rings. The van der Waals surface area contributed by atoms with Crippen molar-refractivity contribution in [2.24, 2.45) is 5.14 Å². The standard InChI is InChI=1S/C17H18N2O3S/c1-22-14-8-9-16-15(10-14)13(11-19-16)7-6-12-4-2-3-5-17(12)23(18,20)21/h2-5,8-11,19H,6-7H2,1H3,(H2,18,20,21). The van der Waals surface area contributed by atoms with Crippen LogP contribution in [0.1, 0.15) is 11.1 Å². The summed E-state index contributed by atoms with van der Waals surface area (Å²) in [5, 5.41) is 6.37. The molecule has 6 heteroatoms. The highest BCUT2D eigenvalue weighted by molar-refractivity contribution is 7.89. The lowest BCUT2D eigenvalue weighted by molar-refractivity contribution is 0.415. The van der Waals surface area contributed by atoms with Crippen molar-refractivity contribution in [3.8, 4) is 5.75 Å². The monoisotopic (exact) mass is 330 g/mol. The van der Waals surface area contributed by atoms with Gasteiger partial charge < -0.3 is 9.72 Å². The number of nitrogens with one attached hydrogen (secondary N) is 1. The van der Waals surface area contributed by atoms with Gasteiger partial charge in [-0.05, 0) is 48.2 Å². The molecule has 0 spiro atoms. The van der Waals surface area contributed by atoms with Crippen molar-refractivity contribution in [2.45, 2.75) is 17.7 Å². The van der Waals surface area contributed by atoms with Crippen LogP contribution in [0.2, 0.25) is 0 Å². The molecule has 0 radical (unpaired) electrons. The maximum absolute atomic E-state index is 11.7. The van der Waals surface area contributed by atoms with E-state index in [2.05, 4.69) is 4.98 Å². The SMILES string of the molecule is COc1ccc2[nH]cc(CCc3ccccc3S(N)(=O)=O)c2c1. The molecule has 0 saturated heterocycles. The van der Waals surface area contributed by atoms with Crippen LogP contribution in [0.25, 0.3) is 10.9 Å². The van der Waals surface area contributed by atoms with Gasteiger partial charge in [0.15, 0.2) is 0 Å². The van der Waals surface area contributed by atoms with Gasteiger partial charge in [-0.15, -0.1) is 0 Å². The third kappa shape index (κ3) is 3.23. The number of fused-ring (bicyclic) bond motifs is 1. The molecule has 3 N–H and O–H groups in total. The maximum Gasteiger partial charge on any atom is 0.238 e. The van der Waals surface area contributed by atoms with Gasteiger partial charge in [0, 0.05) is 17.1 Å². The lowest BCUT2D eigenvalue weighted by Crippen LogP contribution is -2.14. The molecule has 0 aliphatic carbocycles. The van der Waals surface area contributed by atoms with Crippen LogP contribution in [0, 0.1) is 0 Å². The Labute approximate surface area is 135 Å². The molecule has 1 aromatic heterocycles. The van der Waals surface area contributed by atoms with Crippen LogP contribution in [0.4, 0.5) is 0 Å². The fraction of sp³-hybridized carbons (Fsp3) is 0.176. The van der Waals surface area contributed by atoms with E-state index in [1.165, 1.54) is 0 Å². The first kappa shape index (κ1) is 15.6. The second-order valence-electron chi connectivity index (χ2n) is 5.38. The fourth-order valence-corrected chi connectivity index (χ4v) is 3.55. The molecule has 120 valence electrons. The smallest absolute Gasteiger partial charge is 0.238 e. The molecule has 0 atom stereocenters. The number of ether oxygens (including phenoxy) is 1. The predicted octanol–water partition coefficient (Wildman–Crippen LogP) is 2.61. The van der Waals surface area contributed by atoms with Crippen LogP contribution in [-0.2, 0) is 22.9 Å². The first-order chi connectivity index (χ1) is 11.0. The molecule has 0 saturated carbocycles. The number of benzene rings is 2. The summed E-state index contributed by atoms with van der Waals surface area (Å²) < 4.78 is 28.6. The summed E-state index contributed by atoms with van der Waals surface area (Å²) in [7, 11) is -2.07. The topological polar surface area (TPSA) is 85.2 Å². The van der Waals surface area contributed by atoms with Gasteiger partial charge >= 0.3 is 0 Å². The molecule has 0 amide bonds. The number of nitrogens with two attached hydrogens (primary N) is 1. The quantitative estimate of drug-likeness (QED) is 0.754. The van der Waals surface area contributed by atoms with Crippen molar-refractivity contribution in [1.29, 1.82) is 0 Å². The number of hydrogen-bond donors (Lipinski definition) is 2. The van der Waals surface area contributed by atoms with Crippen molar-refractivity contribution in [1.82, 2.24) is 4.98 Å². The van der Waals surface area contributed by atoms with Gasteiger partial charge in [0.05, 0.1) is 12.0 Å². The highest BCUT2D eigenvalue weighted by Gasteiger charge is 2.13. The van der Waals surface area contributed by atoms with E-state index in [0.29, 0.717) is 12.8 Å². The zero-order valence-electron chi connectivity index (χ0n) is 12.7. The minimum atomic E-state index is -3.71. The molecule has 3 rings (SSSR count). The Morgan fingerprint density at radius 1 is 1.09 bits per heavy atom. The van der Waals surface area contributed by atoms with Crippen LogP contribution < -0.4 is 9.88 Å². The Kier molecular flexibility index (Phi) is 4.11. The largest absolute Gasteiger partial charge is 0.497 e. The van der Waals surface area contributed by atoms with Crippen molar-refractivity contribution < 1.29 is 13.2 Å². The molecule has 23 heavy (non-hydrogen) atoms. The summed E-state index contributed by atoms with van der Waals surface area (Å²) in [4.78, 5) is 3.41. The van der Waals surface area contributed by atoms with Gasteiger partial charge in [-0.2, -0.15) is 0 Å². The van der Waals surface area contributed by atoms with Crippen LogP contribution in [0.5, 0.6) is 5.75 Å². The molecular formula is C17H18N2O3S. The van der Waals surface area contributed by atoms with E-state index < -0.39 is 10.0 Å². The van der Waals surface area contributed by atoms with Crippen LogP contribution in [0.15, 0.2) is 53.6 Å². The molecule has 5 nitrogen and oxygen atoms in total. The van der Waals surface area contributed by atoms with Gasteiger partial charge in [0.2, 0.25) is 10.0 Å². The number of methoxy groups -OCH3 is 1.